The lowest BCUT2D eigenvalue weighted by Gasteiger charge is -2.30. The normalized spacial score (nSPS) is 33.7. The van der Waals surface area contributed by atoms with Crippen LogP contribution in [0.1, 0.15) is 119 Å². The highest BCUT2D eigenvalue weighted by Gasteiger charge is 2.23. The average Bonchev–Trinajstić information content (AvgIpc) is 2.82. The Bertz CT molecular complexity index is 372. The van der Waals surface area contributed by atoms with Crippen molar-refractivity contribution in [3.05, 3.63) is 0 Å². The summed E-state index contributed by atoms with van der Waals surface area (Å²) < 4.78 is 23.2. The zero-order valence-electron chi connectivity index (χ0n) is 23.8. The monoisotopic (exact) mass is 484 g/mol. The molecule has 1 rings (SSSR count). The van der Waals surface area contributed by atoms with Crippen LogP contribution in [0.15, 0.2) is 0 Å². The third kappa shape index (κ3) is 14.4. The van der Waals surface area contributed by atoms with Crippen molar-refractivity contribution in [3.63, 3.8) is 0 Å². The Morgan fingerprint density at radius 1 is 0.471 bits per heavy atom. The van der Waals surface area contributed by atoms with Gasteiger partial charge in [0.15, 0.2) is 0 Å². The summed E-state index contributed by atoms with van der Waals surface area (Å²) in [6, 6.07) is 0. The van der Waals surface area contributed by atoms with E-state index in [9.17, 15) is 0 Å². The lowest BCUT2D eigenvalue weighted by atomic mass is 9.76. The van der Waals surface area contributed by atoms with Crippen LogP contribution in [0, 0.1) is 35.5 Å². The third-order valence-electron chi connectivity index (χ3n) is 8.29. The smallest absolute Gasteiger partial charge is 0.146 e. The average molecular weight is 485 g/mol. The molecule has 0 spiro atoms. The molecule has 204 valence electrons. The summed E-state index contributed by atoms with van der Waals surface area (Å²) in [5, 5.41) is 0. The molecule has 0 bridgehead atoms. The van der Waals surface area contributed by atoms with Crippen LogP contribution in [0.25, 0.3) is 0 Å². The number of hydrogen-bond donors (Lipinski definition) is 0. The van der Waals surface area contributed by atoms with E-state index in [1.54, 1.807) is 0 Å². The molecule has 0 amide bonds. The molecule has 0 aromatic heterocycles. The molecule has 4 atom stereocenters. The lowest BCUT2D eigenvalue weighted by molar-refractivity contribution is -0.0591. The van der Waals surface area contributed by atoms with Gasteiger partial charge in [-0.3, -0.25) is 0 Å². The van der Waals surface area contributed by atoms with Gasteiger partial charge in [-0.1, -0.05) is 67.2 Å². The Hall–Kier alpha value is -0.160. The van der Waals surface area contributed by atoms with Gasteiger partial charge in [-0.05, 0) is 86.9 Å². The van der Waals surface area contributed by atoms with Crippen LogP contribution in [0.3, 0.4) is 0 Å². The Labute approximate surface area is 213 Å². The molecule has 4 nitrogen and oxygen atoms in total. The molecule has 4 unspecified atom stereocenters. The summed E-state index contributed by atoms with van der Waals surface area (Å²) >= 11 is 0. The van der Waals surface area contributed by atoms with Crippen LogP contribution in [-0.4, -0.2) is 40.0 Å². The van der Waals surface area contributed by atoms with Gasteiger partial charge >= 0.3 is 0 Å². The van der Waals surface area contributed by atoms with Gasteiger partial charge in [0.05, 0.1) is 0 Å². The van der Waals surface area contributed by atoms with Crippen molar-refractivity contribution >= 4 is 0 Å². The maximum absolute atomic E-state index is 5.80. The molecule has 0 radical (unpaired) electrons. The van der Waals surface area contributed by atoms with Gasteiger partial charge in [0.1, 0.15) is 13.6 Å². The van der Waals surface area contributed by atoms with E-state index in [2.05, 4.69) is 41.5 Å². The Morgan fingerprint density at radius 3 is 0.971 bits per heavy atom. The Kier molecular flexibility index (Phi) is 19.7. The van der Waals surface area contributed by atoms with E-state index in [0.717, 1.165) is 87.6 Å². The van der Waals surface area contributed by atoms with Crippen LogP contribution in [0.2, 0.25) is 0 Å². The van der Waals surface area contributed by atoms with Crippen molar-refractivity contribution in [2.45, 2.75) is 119 Å². The van der Waals surface area contributed by atoms with E-state index in [0.29, 0.717) is 13.6 Å². The molecule has 1 saturated heterocycles. The standard InChI is InChI=1S/C30H60O4/c1-7-13-29-25(3)15-9-19-31-23-33-21-11-17-27(5)30(14-8-2)28(6)18-12-22-34-24-32-20-10-16-26(29)4/h25-30H,7-24H2,1-6H3. The summed E-state index contributed by atoms with van der Waals surface area (Å²) in [4.78, 5) is 0. The number of hydrogen-bond acceptors (Lipinski definition) is 4. The van der Waals surface area contributed by atoms with Crippen molar-refractivity contribution in [1.29, 1.82) is 0 Å². The zero-order valence-corrected chi connectivity index (χ0v) is 23.8. The largest absolute Gasteiger partial charge is 0.355 e. The maximum Gasteiger partial charge on any atom is 0.146 e. The molecule has 0 aliphatic carbocycles. The topological polar surface area (TPSA) is 36.9 Å². The summed E-state index contributed by atoms with van der Waals surface area (Å²) in [6.45, 7) is 18.6. The van der Waals surface area contributed by atoms with E-state index >= 15 is 0 Å². The van der Waals surface area contributed by atoms with Gasteiger partial charge in [0.25, 0.3) is 0 Å². The predicted molar refractivity (Wildman–Crippen MR) is 144 cm³/mol. The van der Waals surface area contributed by atoms with Crippen molar-refractivity contribution in [1.82, 2.24) is 0 Å². The zero-order chi connectivity index (χ0) is 25.0. The van der Waals surface area contributed by atoms with Crippen molar-refractivity contribution in [2.24, 2.45) is 35.5 Å². The van der Waals surface area contributed by atoms with E-state index in [1.165, 1.54) is 51.4 Å². The molecule has 1 heterocycles. The van der Waals surface area contributed by atoms with Gasteiger partial charge in [-0.25, -0.2) is 0 Å². The van der Waals surface area contributed by atoms with Crippen LogP contribution < -0.4 is 0 Å². The van der Waals surface area contributed by atoms with Crippen molar-refractivity contribution in [2.75, 3.05) is 40.0 Å². The number of ether oxygens (including phenoxy) is 4. The van der Waals surface area contributed by atoms with Crippen LogP contribution >= 0.6 is 0 Å². The van der Waals surface area contributed by atoms with Crippen molar-refractivity contribution < 1.29 is 18.9 Å². The SMILES string of the molecule is CCCC1C(C)CCCOCOCCCC(C)C(CCC)C(C)CCCOCOCCCC1C. The maximum atomic E-state index is 5.80. The minimum atomic E-state index is 0.451. The van der Waals surface area contributed by atoms with E-state index in [1.807, 2.05) is 0 Å². The van der Waals surface area contributed by atoms with Gasteiger partial charge in [0.2, 0.25) is 0 Å². The van der Waals surface area contributed by atoms with Gasteiger partial charge in [-0.15, -0.1) is 0 Å². The first-order valence-corrected chi connectivity index (χ1v) is 14.8. The quantitative estimate of drug-likeness (QED) is 0.401. The molecule has 34 heavy (non-hydrogen) atoms. The highest BCUT2D eigenvalue weighted by molar-refractivity contribution is 4.74. The molecule has 0 N–H and O–H groups in total. The molecule has 1 aliphatic rings. The van der Waals surface area contributed by atoms with Crippen LogP contribution in [0.5, 0.6) is 0 Å². The van der Waals surface area contributed by atoms with Gasteiger partial charge in [0, 0.05) is 26.4 Å². The molecule has 0 aromatic rings. The molecule has 1 fully saturated rings. The highest BCUT2D eigenvalue weighted by Crippen LogP contribution is 2.33. The first-order chi connectivity index (χ1) is 16.5. The minimum absolute atomic E-state index is 0.451. The predicted octanol–water partition coefficient (Wildman–Crippen LogP) is 8.48. The third-order valence-corrected chi connectivity index (χ3v) is 8.29. The Morgan fingerprint density at radius 2 is 0.735 bits per heavy atom. The van der Waals surface area contributed by atoms with Gasteiger partial charge in [-0.2, -0.15) is 0 Å². The Balaban J connectivity index is 2.53. The molecule has 0 saturated carbocycles. The van der Waals surface area contributed by atoms with E-state index < -0.39 is 0 Å². The second kappa shape index (κ2) is 21.0. The van der Waals surface area contributed by atoms with Crippen molar-refractivity contribution in [3.8, 4) is 0 Å². The molecular formula is C30H60O4. The summed E-state index contributed by atoms with van der Waals surface area (Å²) in [7, 11) is 0. The first kappa shape index (κ1) is 31.9. The molecule has 4 heteroatoms. The lowest BCUT2D eigenvalue weighted by Crippen LogP contribution is -2.21. The van der Waals surface area contributed by atoms with Crippen LogP contribution in [0.4, 0.5) is 0 Å². The van der Waals surface area contributed by atoms with E-state index in [-0.39, 0.29) is 0 Å². The summed E-state index contributed by atoms with van der Waals surface area (Å²) in [6.07, 6.45) is 14.7. The molecule has 1 aliphatic heterocycles. The summed E-state index contributed by atoms with van der Waals surface area (Å²) in [5.74, 6) is 4.57. The fourth-order valence-corrected chi connectivity index (χ4v) is 6.17. The summed E-state index contributed by atoms with van der Waals surface area (Å²) in [5.41, 5.74) is 0. The molecular weight excluding hydrogens is 424 g/mol. The van der Waals surface area contributed by atoms with E-state index in [4.69, 9.17) is 18.9 Å². The number of rotatable bonds is 4. The highest BCUT2D eigenvalue weighted by atomic mass is 16.7. The fourth-order valence-electron chi connectivity index (χ4n) is 6.17. The van der Waals surface area contributed by atoms with Crippen LogP contribution in [-0.2, 0) is 18.9 Å². The van der Waals surface area contributed by atoms with Gasteiger partial charge < -0.3 is 18.9 Å². The second-order valence-corrected chi connectivity index (χ2v) is 11.3. The minimum Gasteiger partial charge on any atom is -0.355 e. The first-order valence-electron chi connectivity index (χ1n) is 14.8. The molecule has 0 aromatic carbocycles. The second-order valence-electron chi connectivity index (χ2n) is 11.3. The fraction of sp³-hybridized carbons (Fsp3) is 1.00.